The molecule has 0 aliphatic carbocycles. The summed E-state index contributed by atoms with van der Waals surface area (Å²) in [6.07, 6.45) is 2.29. The second-order valence-corrected chi connectivity index (χ2v) is 7.75. The fourth-order valence-electron chi connectivity index (χ4n) is 2.88. The minimum absolute atomic E-state index is 0.220. The topological polar surface area (TPSA) is 90.5 Å². The van der Waals surface area contributed by atoms with E-state index in [1.165, 1.54) is 0 Å². The van der Waals surface area contributed by atoms with Gasteiger partial charge in [-0.3, -0.25) is 4.79 Å². The number of nitrogens with one attached hydrogen (secondary N) is 3. The smallest absolute Gasteiger partial charge is 0.326 e. The third-order valence-corrected chi connectivity index (χ3v) is 5.63. The molecule has 0 heterocycles. The number of anilines is 1. The summed E-state index contributed by atoms with van der Waals surface area (Å²) < 4.78 is 0. The van der Waals surface area contributed by atoms with E-state index in [0.29, 0.717) is 30.0 Å². The molecule has 2 aromatic carbocycles. The lowest BCUT2D eigenvalue weighted by molar-refractivity contribution is -0.139. The van der Waals surface area contributed by atoms with Crippen molar-refractivity contribution in [1.29, 1.82) is 0 Å². The van der Waals surface area contributed by atoms with Crippen LogP contribution in [0.5, 0.6) is 0 Å². The molecule has 0 fully saturated rings. The summed E-state index contributed by atoms with van der Waals surface area (Å²) in [6.45, 7) is 0.700. The number of rotatable bonds is 11. The number of hydrogen-bond acceptors (Lipinski definition) is 6. The van der Waals surface area contributed by atoms with E-state index in [-0.39, 0.29) is 11.9 Å². The molecule has 0 aliphatic rings. The van der Waals surface area contributed by atoms with Crippen LogP contribution in [-0.4, -0.2) is 60.4 Å². The zero-order valence-electron chi connectivity index (χ0n) is 16.1. The summed E-state index contributed by atoms with van der Waals surface area (Å²) in [7, 11) is 1.89. The number of thioether (sulfide) groups is 1. The van der Waals surface area contributed by atoms with Gasteiger partial charge in [-0.25, -0.2) is 4.79 Å². The van der Waals surface area contributed by atoms with Crippen LogP contribution in [0.1, 0.15) is 16.8 Å². The summed E-state index contributed by atoms with van der Waals surface area (Å²) in [6, 6.07) is 10.5. The SMILES string of the molecule is CN[C@@H](CS)CNc1cccc2c(C(=O)N[C@@H](CCSC)C(=O)O)cccc12. The normalized spacial score (nSPS) is 13.1. The second kappa shape index (κ2) is 11.2. The zero-order valence-corrected chi connectivity index (χ0v) is 17.8. The molecule has 2 atom stereocenters. The minimum Gasteiger partial charge on any atom is -0.480 e. The summed E-state index contributed by atoms with van der Waals surface area (Å²) in [5.74, 6) is -0.0257. The highest BCUT2D eigenvalue weighted by atomic mass is 32.2. The zero-order chi connectivity index (χ0) is 20.5. The summed E-state index contributed by atoms with van der Waals surface area (Å²) in [5.41, 5.74) is 1.39. The maximum Gasteiger partial charge on any atom is 0.326 e. The van der Waals surface area contributed by atoms with Crippen molar-refractivity contribution in [3.8, 4) is 0 Å². The first-order chi connectivity index (χ1) is 13.5. The van der Waals surface area contributed by atoms with Gasteiger partial charge in [0.25, 0.3) is 5.91 Å². The van der Waals surface area contributed by atoms with Crippen LogP contribution in [0.25, 0.3) is 10.8 Å². The number of thiol groups is 1. The number of aliphatic carboxylic acids is 1. The average molecular weight is 422 g/mol. The number of carbonyl (C=O) groups excluding carboxylic acids is 1. The number of hydrogen-bond donors (Lipinski definition) is 5. The lowest BCUT2D eigenvalue weighted by atomic mass is 10.0. The number of likely N-dealkylation sites (N-methyl/N-ethyl adjacent to an activating group) is 1. The molecule has 0 unspecified atom stereocenters. The van der Waals surface area contributed by atoms with Crippen molar-refractivity contribution in [3.63, 3.8) is 0 Å². The molecule has 1 amide bonds. The van der Waals surface area contributed by atoms with Gasteiger partial charge in [0.05, 0.1) is 0 Å². The summed E-state index contributed by atoms with van der Waals surface area (Å²) in [5, 5.41) is 20.3. The first-order valence-corrected chi connectivity index (χ1v) is 11.1. The first-order valence-electron chi connectivity index (χ1n) is 9.08. The van der Waals surface area contributed by atoms with Gasteiger partial charge < -0.3 is 21.1 Å². The van der Waals surface area contributed by atoms with Gasteiger partial charge in [-0.15, -0.1) is 0 Å². The molecule has 6 nitrogen and oxygen atoms in total. The maximum absolute atomic E-state index is 12.8. The first kappa shape index (κ1) is 22.4. The van der Waals surface area contributed by atoms with E-state index in [1.54, 1.807) is 17.8 Å². The Morgan fingerprint density at radius 1 is 1.18 bits per heavy atom. The van der Waals surface area contributed by atoms with Crippen molar-refractivity contribution in [2.24, 2.45) is 0 Å². The standard InChI is InChI=1S/C20H27N3O3S2/c1-21-13(12-27)11-22-17-8-4-5-14-15(17)6-3-7-16(14)19(24)23-18(20(25)26)9-10-28-2/h3-8,13,18,21-22,27H,9-12H2,1-2H3,(H,23,24)(H,25,26)/t13-,18+/m1/s1. The maximum atomic E-state index is 12.8. The molecule has 0 aromatic heterocycles. The number of carbonyl (C=O) groups is 2. The van der Waals surface area contributed by atoms with Crippen LogP contribution in [0.15, 0.2) is 36.4 Å². The Morgan fingerprint density at radius 2 is 1.89 bits per heavy atom. The van der Waals surface area contributed by atoms with E-state index < -0.39 is 12.0 Å². The molecule has 2 aromatic rings. The van der Waals surface area contributed by atoms with Gasteiger partial charge in [0.2, 0.25) is 0 Å². The second-order valence-electron chi connectivity index (χ2n) is 6.40. The minimum atomic E-state index is -1.02. The highest BCUT2D eigenvalue weighted by molar-refractivity contribution is 7.98. The van der Waals surface area contributed by atoms with Gasteiger partial charge in [-0.1, -0.05) is 24.3 Å². The molecule has 2 rings (SSSR count). The number of fused-ring (bicyclic) bond motifs is 1. The Morgan fingerprint density at radius 3 is 2.54 bits per heavy atom. The van der Waals surface area contributed by atoms with Gasteiger partial charge in [-0.2, -0.15) is 24.4 Å². The number of amides is 1. The predicted octanol–water partition coefficient (Wildman–Crippen LogP) is 2.71. The monoisotopic (exact) mass is 421 g/mol. The molecule has 0 saturated heterocycles. The molecule has 0 aliphatic heterocycles. The predicted molar refractivity (Wildman–Crippen MR) is 121 cm³/mol. The molecule has 8 heteroatoms. The molecular weight excluding hydrogens is 394 g/mol. The fraction of sp³-hybridized carbons (Fsp3) is 0.400. The highest BCUT2D eigenvalue weighted by Gasteiger charge is 2.21. The lowest BCUT2D eigenvalue weighted by Crippen LogP contribution is -2.41. The van der Waals surface area contributed by atoms with E-state index in [0.717, 1.165) is 16.5 Å². The largest absolute Gasteiger partial charge is 0.480 e. The Bertz CT molecular complexity index is 812. The summed E-state index contributed by atoms with van der Waals surface area (Å²) >= 11 is 5.88. The van der Waals surface area contributed by atoms with Crippen LogP contribution < -0.4 is 16.0 Å². The van der Waals surface area contributed by atoms with Crippen molar-refractivity contribution < 1.29 is 14.7 Å². The average Bonchev–Trinajstić information content (AvgIpc) is 2.71. The van der Waals surface area contributed by atoms with E-state index in [4.69, 9.17) is 0 Å². The van der Waals surface area contributed by atoms with E-state index >= 15 is 0 Å². The van der Waals surface area contributed by atoms with Crippen LogP contribution in [0.3, 0.4) is 0 Å². The van der Waals surface area contributed by atoms with Gasteiger partial charge in [0.15, 0.2) is 0 Å². The van der Waals surface area contributed by atoms with Gasteiger partial charge in [0.1, 0.15) is 6.04 Å². The number of carboxylic acids is 1. The van der Waals surface area contributed by atoms with E-state index in [1.807, 2.05) is 43.6 Å². The van der Waals surface area contributed by atoms with Crippen LogP contribution in [0, 0.1) is 0 Å². The molecule has 28 heavy (non-hydrogen) atoms. The van der Waals surface area contributed by atoms with Crippen LogP contribution in [0.4, 0.5) is 5.69 Å². The summed E-state index contributed by atoms with van der Waals surface area (Å²) in [4.78, 5) is 24.2. The lowest BCUT2D eigenvalue weighted by Gasteiger charge is -2.18. The molecular formula is C20H27N3O3S2. The van der Waals surface area contributed by atoms with Crippen LogP contribution in [0.2, 0.25) is 0 Å². The number of benzene rings is 2. The highest BCUT2D eigenvalue weighted by Crippen LogP contribution is 2.26. The molecule has 152 valence electrons. The van der Waals surface area contributed by atoms with Gasteiger partial charge >= 0.3 is 5.97 Å². The molecule has 0 spiro atoms. The van der Waals surface area contributed by atoms with E-state index in [2.05, 4.69) is 28.6 Å². The Labute approximate surface area is 175 Å². The molecule has 4 N–H and O–H groups in total. The third kappa shape index (κ3) is 5.80. The number of carboxylic acid groups (broad SMARTS) is 1. The third-order valence-electron chi connectivity index (χ3n) is 4.55. The Hall–Kier alpha value is -1.90. The van der Waals surface area contributed by atoms with Gasteiger partial charge in [-0.05, 0) is 43.0 Å². The van der Waals surface area contributed by atoms with Crippen molar-refractivity contribution in [2.75, 3.05) is 36.7 Å². The van der Waals surface area contributed by atoms with Crippen molar-refractivity contribution in [1.82, 2.24) is 10.6 Å². The van der Waals surface area contributed by atoms with Crippen LogP contribution >= 0.6 is 24.4 Å². The molecule has 0 saturated carbocycles. The fourth-order valence-corrected chi connectivity index (χ4v) is 3.67. The van der Waals surface area contributed by atoms with Crippen molar-refractivity contribution in [2.45, 2.75) is 18.5 Å². The molecule has 0 radical (unpaired) electrons. The van der Waals surface area contributed by atoms with Crippen LogP contribution in [-0.2, 0) is 4.79 Å². The van der Waals surface area contributed by atoms with Crippen molar-refractivity contribution in [3.05, 3.63) is 42.0 Å². The van der Waals surface area contributed by atoms with Gasteiger partial charge in [0, 0.05) is 35.0 Å². The Kier molecular flexibility index (Phi) is 8.95. The van der Waals surface area contributed by atoms with E-state index in [9.17, 15) is 14.7 Å². The van der Waals surface area contributed by atoms with Crippen molar-refractivity contribution >= 4 is 52.7 Å². The Balaban J connectivity index is 2.27. The molecule has 0 bridgehead atoms. The quantitative estimate of drug-likeness (QED) is 0.359.